The molecule has 2 N–H and O–H groups in total. The maximum absolute atomic E-state index is 13.3. The quantitative estimate of drug-likeness (QED) is 0.642. The molecule has 0 radical (unpaired) electrons. The van der Waals surface area contributed by atoms with E-state index in [9.17, 15) is 22.0 Å². The van der Waals surface area contributed by atoms with Crippen molar-refractivity contribution in [2.24, 2.45) is 5.73 Å². The van der Waals surface area contributed by atoms with E-state index in [-0.39, 0.29) is 25.0 Å². The largest absolute Gasteiger partial charge is 0.411 e. The summed E-state index contributed by atoms with van der Waals surface area (Å²) in [4.78, 5) is 0. The van der Waals surface area contributed by atoms with Gasteiger partial charge in [0, 0.05) is 24.3 Å². The zero-order chi connectivity index (χ0) is 14.5. The van der Waals surface area contributed by atoms with Crippen LogP contribution in [0.2, 0.25) is 0 Å². The molecule has 0 heterocycles. The number of benzene rings is 1. The fourth-order valence-corrected chi connectivity index (χ4v) is 1.55. The monoisotopic (exact) mass is 283 g/mol. The Morgan fingerprint density at radius 2 is 1.89 bits per heavy atom. The maximum Gasteiger partial charge on any atom is 0.411 e. The summed E-state index contributed by atoms with van der Waals surface area (Å²) in [5, 5.41) is 0. The molecule has 7 heteroatoms. The number of alkyl halides is 3. The molecular formula is C12H14F5NO. The summed E-state index contributed by atoms with van der Waals surface area (Å²) >= 11 is 0. The molecule has 1 unspecified atom stereocenters. The summed E-state index contributed by atoms with van der Waals surface area (Å²) in [6.45, 7) is -1.43. The second-order valence-electron chi connectivity index (χ2n) is 4.08. The van der Waals surface area contributed by atoms with Crippen molar-refractivity contribution in [2.45, 2.75) is 25.1 Å². The minimum Gasteiger partial charge on any atom is -0.372 e. The maximum atomic E-state index is 13.3. The zero-order valence-corrected chi connectivity index (χ0v) is 10.0. The molecule has 0 spiro atoms. The molecule has 0 aromatic heterocycles. The predicted molar refractivity (Wildman–Crippen MR) is 59.4 cm³/mol. The smallest absolute Gasteiger partial charge is 0.372 e. The minimum atomic E-state index is -4.36. The first-order chi connectivity index (χ1) is 8.79. The van der Waals surface area contributed by atoms with E-state index in [1.165, 1.54) is 6.07 Å². The van der Waals surface area contributed by atoms with Crippen molar-refractivity contribution in [1.82, 2.24) is 0 Å². The topological polar surface area (TPSA) is 35.2 Å². The Kier molecular flexibility index (Phi) is 5.68. The van der Waals surface area contributed by atoms with Crippen molar-refractivity contribution in [2.75, 3.05) is 13.2 Å². The lowest BCUT2D eigenvalue weighted by Crippen LogP contribution is -2.18. The van der Waals surface area contributed by atoms with Gasteiger partial charge in [-0.3, -0.25) is 0 Å². The van der Waals surface area contributed by atoms with E-state index in [1.807, 2.05) is 0 Å². The number of hydrogen-bond acceptors (Lipinski definition) is 2. The molecule has 0 aliphatic heterocycles. The average Bonchev–Trinajstić information content (AvgIpc) is 2.26. The lowest BCUT2D eigenvalue weighted by Gasteiger charge is -2.13. The average molecular weight is 283 g/mol. The highest BCUT2D eigenvalue weighted by Gasteiger charge is 2.27. The van der Waals surface area contributed by atoms with E-state index in [2.05, 4.69) is 4.74 Å². The molecular weight excluding hydrogens is 269 g/mol. The Hall–Kier alpha value is -1.21. The van der Waals surface area contributed by atoms with Crippen LogP contribution in [-0.2, 0) is 4.74 Å². The summed E-state index contributed by atoms with van der Waals surface area (Å²) < 4.78 is 65.7. The molecule has 0 saturated heterocycles. The number of halogens is 5. The highest BCUT2D eigenvalue weighted by atomic mass is 19.4. The summed E-state index contributed by atoms with van der Waals surface area (Å²) in [5.41, 5.74) is 5.81. The Balaban J connectivity index is 2.33. The standard InChI is InChI=1S/C12H14F5NO/c13-8-3-4-9(10(14)6-8)11(18)2-1-5-19-7-12(15,16)17/h3-4,6,11H,1-2,5,7,18H2. The Morgan fingerprint density at radius 1 is 1.21 bits per heavy atom. The van der Waals surface area contributed by atoms with Crippen LogP contribution in [0.5, 0.6) is 0 Å². The molecule has 0 saturated carbocycles. The van der Waals surface area contributed by atoms with E-state index < -0.39 is 30.5 Å². The van der Waals surface area contributed by atoms with E-state index in [1.54, 1.807) is 0 Å². The van der Waals surface area contributed by atoms with Gasteiger partial charge in [0.1, 0.15) is 18.2 Å². The van der Waals surface area contributed by atoms with Gasteiger partial charge in [-0.05, 0) is 18.9 Å². The van der Waals surface area contributed by atoms with Crippen molar-refractivity contribution < 1.29 is 26.7 Å². The Bertz CT molecular complexity index is 408. The van der Waals surface area contributed by atoms with Crippen LogP contribution in [-0.4, -0.2) is 19.4 Å². The first-order valence-corrected chi connectivity index (χ1v) is 5.64. The van der Waals surface area contributed by atoms with Crippen molar-refractivity contribution >= 4 is 0 Å². The van der Waals surface area contributed by atoms with Gasteiger partial charge in [0.2, 0.25) is 0 Å². The van der Waals surface area contributed by atoms with Gasteiger partial charge in [-0.15, -0.1) is 0 Å². The highest BCUT2D eigenvalue weighted by molar-refractivity contribution is 5.21. The van der Waals surface area contributed by atoms with Gasteiger partial charge in [-0.1, -0.05) is 6.07 Å². The van der Waals surface area contributed by atoms with Crippen LogP contribution >= 0.6 is 0 Å². The third kappa shape index (κ3) is 5.98. The van der Waals surface area contributed by atoms with Crippen molar-refractivity contribution in [3.63, 3.8) is 0 Å². The first kappa shape index (κ1) is 15.8. The van der Waals surface area contributed by atoms with Gasteiger partial charge < -0.3 is 10.5 Å². The van der Waals surface area contributed by atoms with E-state index >= 15 is 0 Å². The SMILES string of the molecule is NC(CCCOCC(F)(F)F)c1ccc(F)cc1F. The molecule has 1 rings (SSSR count). The molecule has 1 atom stereocenters. The lowest BCUT2D eigenvalue weighted by molar-refractivity contribution is -0.174. The zero-order valence-electron chi connectivity index (χ0n) is 10.0. The van der Waals surface area contributed by atoms with Crippen LogP contribution in [0.1, 0.15) is 24.4 Å². The molecule has 1 aromatic rings. The van der Waals surface area contributed by atoms with Crippen molar-refractivity contribution in [3.8, 4) is 0 Å². The van der Waals surface area contributed by atoms with Crippen LogP contribution < -0.4 is 5.73 Å². The second-order valence-corrected chi connectivity index (χ2v) is 4.08. The van der Waals surface area contributed by atoms with Gasteiger partial charge >= 0.3 is 6.18 Å². The van der Waals surface area contributed by atoms with Crippen LogP contribution in [0.3, 0.4) is 0 Å². The van der Waals surface area contributed by atoms with Crippen LogP contribution in [0.15, 0.2) is 18.2 Å². The highest BCUT2D eigenvalue weighted by Crippen LogP contribution is 2.20. The van der Waals surface area contributed by atoms with Gasteiger partial charge in [-0.2, -0.15) is 13.2 Å². The van der Waals surface area contributed by atoms with Crippen LogP contribution in [0.4, 0.5) is 22.0 Å². The summed E-state index contributed by atoms with van der Waals surface area (Å²) in [6, 6.07) is 2.33. The van der Waals surface area contributed by atoms with Gasteiger partial charge in [0.15, 0.2) is 0 Å². The van der Waals surface area contributed by atoms with Gasteiger partial charge in [0.05, 0.1) is 0 Å². The lowest BCUT2D eigenvalue weighted by atomic mass is 10.0. The number of nitrogens with two attached hydrogens (primary N) is 1. The summed E-state index contributed by atoms with van der Waals surface area (Å²) in [7, 11) is 0. The fraction of sp³-hybridized carbons (Fsp3) is 0.500. The molecule has 108 valence electrons. The molecule has 0 bridgehead atoms. The molecule has 0 aliphatic carbocycles. The Morgan fingerprint density at radius 3 is 2.47 bits per heavy atom. The van der Waals surface area contributed by atoms with E-state index in [0.717, 1.165) is 12.1 Å². The molecule has 0 fully saturated rings. The molecule has 19 heavy (non-hydrogen) atoms. The van der Waals surface area contributed by atoms with Gasteiger partial charge in [0.25, 0.3) is 0 Å². The third-order valence-corrected chi connectivity index (χ3v) is 2.43. The van der Waals surface area contributed by atoms with Crippen molar-refractivity contribution in [3.05, 3.63) is 35.4 Å². The van der Waals surface area contributed by atoms with E-state index in [0.29, 0.717) is 0 Å². The van der Waals surface area contributed by atoms with Crippen LogP contribution in [0.25, 0.3) is 0 Å². The summed E-state index contributed by atoms with van der Waals surface area (Å²) in [5.74, 6) is -1.47. The predicted octanol–water partition coefficient (Wildman–Crippen LogP) is 3.32. The molecule has 0 aliphatic rings. The number of ether oxygens (including phenoxy) is 1. The van der Waals surface area contributed by atoms with Crippen molar-refractivity contribution in [1.29, 1.82) is 0 Å². The summed E-state index contributed by atoms with van der Waals surface area (Å²) in [6.07, 6.45) is -3.85. The first-order valence-electron chi connectivity index (χ1n) is 5.64. The minimum absolute atomic E-state index is 0.115. The normalized spacial score (nSPS) is 13.6. The number of rotatable bonds is 6. The third-order valence-electron chi connectivity index (χ3n) is 2.43. The number of hydrogen-bond donors (Lipinski definition) is 1. The molecule has 0 amide bonds. The van der Waals surface area contributed by atoms with Crippen LogP contribution in [0, 0.1) is 11.6 Å². The fourth-order valence-electron chi connectivity index (χ4n) is 1.55. The van der Waals surface area contributed by atoms with E-state index in [4.69, 9.17) is 5.73 Å². The molecule has 1 aromatic carbocycles. The molecule has 2 nitrogen and oxygen atoms in total. The Labute approximate surface area is 107 Å². The second kappa shape index (κ2) is 6.81. The van der Waals surface area contributed by atoms with Gasteiger partial charge in [-0.25, -0.2) is 8.78 Å².